The van der Waals surface area contributed by atoms with E-state index in [1.165, 1.54) is 6.07 Å². The van der Waals surface area contributed by atoms with Gasteiger partial charge >= 0.3 is 0 Å². The van der Waals surface area contributed by atoms with E-state index in [1.54, 1.807) is 0 Å². The van der Waals surface area contributed by atoms with E-state index >= 15 is 0 Å². The first-order valence-corrected chi connectivity index (χ1v) is 6.35. The predicted molar refractivity (Wildman–Crippen MR) is 69.5 cm³/mol. The van der Waals surface area contributed by atoms with Crippen LogP contribution in [0.3, 0.4) is 0 Å². The number of hydrogen-bond acceptors (Lipinski definition) is 2. The van der Waals surface area contributed by atoms with E-state index < -0.39 is 11.6 Å². The zero-order valence-corrected chi connectivity index (χ0v) is 11.4. The number of hydrogen-bond donors (Lipinski definition) is 1. The predicted octanol–water partition coefficient (Wildman–Crippen LogP) is 4.49. The minimum atomic E-state index is -0.635. The van der Waals surface area contributed by atoms with Crippen LogP contribution in [0.25, 0.3) is 0 Å². The first-order valence-electron chi connectivity index (χ1n) is 5.56. The lowest BCUT2D eigenvalue weighted by Gasteiger charge is -2.08. The van der Waals surface area contributed by atoms with Crippen LogP contribution in [-0.2, 0) is 13.0 Å². The Bertz CT molecular complexity index is 531. The highest BCUT2D eigenvalue weighted by Crippen LogP contribution is 2.27. The smallest absolute Gasteiger partial charge is 0.150 e. The maximum atomic E-state index is 13.5. The molecule has 96 valence electrons. The lowest BCUT2D eigenvalue weighted by molar-refractivity contribution is 0.475. The summed E-state index contributed by atoms with van der Waals surface area (Å²) in [5, 5.41) is 2.88. The van der Waals surface area contributed by atoms with E-state index in [0.717, 1.165) is 18.2 Å². The van der Waals surface area contributed by atoms with Crippen molar-refractivity contribution in [1.29, 1.82) is 0 Å². The van der Waals surface area contributed by atoms with Crippen LogP contribution < -0.4 is 5.32 Å². The highest BCUT2D eigenvalue weighted by atomic mass is 79.9. The summed E-state index contributed by atoms with van der Waals surface area (Å²) >= 11 is 3.12. The number of halogens is 3. The van der Waals surface area contributed by atoms with Crippen LogP contribution >= 0.6 is 15.9 Å². The van der Waals surface area contributed by atoms with E-state index in [9.17, 15) is 8.78 Å². The number of rotatable bonds is 4. The Balaban J connectivity index is 2.10. The van der Waals surface area contributed by atoms with Crippen molar-refractivity contribution < 1.29 is 13.2 Å². The Hall–Kier alpha value is -1.36. The zero-order valence-electron chi connectivity index (χ0n) is 9.77. The highest BCUT2D eigenvalue weighted by molar-refractivity contribution is 9.10. The zero-order chi connectivity index (χ0) is 13.1. The lowest BCUT2D eigenvalue weighted by atomic mass is 10.3. The third kappa shape index (κ3) is 2.90. The largest absolute Gasteiger partial charge is 0.464 e. The van der Waals surface area contributed by atoms with Crippen molar-refractivity contribution in [1.82, 2.24) is 0 Å². The van der Waals surface area contributed by atoms with Gasteiger partial charge in [0.2, 0.25) is 0 Å². The van der Waals surface area contributed by atoms with Gasteiger partial charge in [-0.25, -0.2) is 8.78 Å². The molecule has 0 saturated heterocycles. The third-order valence-electron chi connectivity index (χ3n) is 2.51. The molecule has 1 aromatic carbocycles. The Morgan fingerprint density at radius 1 is 1.22 bits per heavy atom. The Morgan fingerprint density at radius 2 is 1.94 bits per heavy atom. The van der Waals surface area contributed by atoms with Gasteiger partial charge in [0, 0.05) is 17.0 Å². The van der Waals surface area contributed by atoms with Gasteiger partial charge in [-0.05, 0) is 34.1 Å². The van der Waals surface area contributed by atoms with Crippen molar-refractivity contribution >= 4 is 21.6 Å². The van der Waals surface area contributed by atoms with Gasteiger partial charge in [-0.15, -0.1) is 0 Å². The number of benzene rings is 1. The fourth-order valence-corrected chi connectivity index (χ4v) is 2.14. The summed E-state index contributed by atoms with van der Waals surface area (Å²) in [6.07, 6.45) is 0.814. The second-order valence-electron chi connectivity index (χ2n) is 3.82. The molecule has 0 aliphatic rings. The van der Waals surface area contributed by atoms with E-state index in [1.807, 2.05) is 19.1 Å². The van der Waals surface area contributed by atoms with Gasteiger partial charge < -0.3 is 9.73 Å². The molecule has 0 aliphatic carbocycles. The van der Waals surface area contributed by atoms with Crippen LogP contribution in [0, 0.1) is 11.6 Å². The molecule has 0 aliphatic heterocycles. The minimum absolute atomic E-state index is 0.228. The van der Waals surface area contributed by atoms with Crippen LogP contribution in [-0.4, -0.2) is 0 Å². The van der Waals surface area contributed by atoms with E-state index in [0.29, 0.717) is 16.8 Å². The van der Waals surface area contributed by atoms with Crippen molar-refractivity contribution in [2.24, 2.45) is 0 Å². The molecular weight excluding hydrogens is 304 g/mol. The Morgan fingerprint density at radius 3 is 2.56 bits per heavy atom. The molecule has 2 nitrogen and oxygen atoms in total. The van der Waals surface area contributed by atoms with Gasteiger partial charge in [-0.2, -0.15) is 0 Å². The highest BCUT2D eigenvalue weighted by Gasteiger charge is 2.10. The summed E-state index contributed by atoms with van der Waals surface area (Å²) in [6, 6.07) is 5.77. The topological polar surface area (TPSA) is 25.2 Å². The summed E-state index contributed by atoms with van der Waals surface area (Å²) < 4.78 is 32.3. The maximum absolute atomic E-state index is 13.5. The molecule has 0 unspecified atom stereocenters. The average Bonchev–Trinajstić information content (AvgIpc) is 2.75. The minimum Gasteiger partial charge on any atom is -0.464 e. The fourth-order valence-electron chi connectivity index (χ4n) is 1.59. The van der Waals surface area contributed by atoms with Crippen LogP contribution in [0.2, 0.25) is 0 Å². The molecule has 0 bridgehead atoms. The average molecular weight is 316 g/mol. The lowest BCUT2D eigenvalue weighted by Crippen LogP contribution is -2.02. The molecule has 0 radical (unpaired) electrons. The third-order valence-corrected chi connectivity index (χ3v) is 3.14. The quantitative estimate of drug-likeness (QED) is 0.899. The molecule has 1 N–H and O–H groups in total. The second-order valence-corrected chi connectivity index (χ2v) is 4.67. The molecule has 0 spiro atoms. The molecule has 18 heavy (non-hydrogen) atoms. The normalized spacial score (nSPS) is 10.7. The summed E-state index contributed by atoms with van der Waals surface area (Å²) in [5.74, 6) is 0.341. The molecular formula is C13H12BrF2NO. The Kier molecular flexibility index (Phi) is 4.01. The van der Waals surface area contributed by atoms with Crippen molar-refractivity contribution in [3.8, 4) is 0 Å². The SMILES string of the molecule is CCc1ccc(CNc2c(F)cc(F)cc2Br)o1. The maximum Gasteiger partial charge on any atom is 0.150 e. The molecule has 1 heterocycles. The number of nitrogens with one attached hydrogen (secondary N) is 1. The molecule has 0 atom stereocenters. The number of anilines is 1. The molecule has 2 aromatic rings. The van der Waals surface area contributed by atoms with Crippen LogP contribution in [0.1, 0.15) is 18.4 Å². The molecule has 0 fully saturated rings. The number of aryl methyl sites for hydroxylation is 1. The van der Waals surface area contributed by atoms with Gasteiger partial charge in [0.1, 0.15) is 23.2 Å². The van der Waals surface area contributed by atoms with Crippen molar-refractivity contribution in [3.63, 3.8) is 0 Å². The van der Waals surface area contributed by atoms with Crippen LogP contribution in [0.15, 0.2) is 33.2 Å². The first kappa shape index (κ1) is 13.1. The van der Waals surface area contributed by atoms with E-state index in [2.05, 4.69) is 21.2 Å². The molecule has 5 heteroatoms. The van der Waals surface area contributed by atoms with Crippen molar-refractivity contribution in [2.75, 3.05) is 5.32 Å². The molecule has 0 saturated carbocycles. The first-order chi connectivity index (χ1) is 8.60. The molecule has 2 rings (SSSR count). The Labute approximate surface area is 112 Å². The summed E-state index contributed by atoms with van der Waals surface area (Å²) in [7, 11) is 0. The van der Waals surface area contributed by atoms with Gasteiger partial charge in [0.05, 0.1) is 12.2 Å². The van der Waals surface area contributed by atoms with Crippen molar-refractivity contribution in [2.45, 2.75) is 19.9 Å². The van der Waals surface area contributed by atoms with Gasteiger partial charge in [-0.3, -0.25) is 0 Å². The van der Waals surface area contributed by atoms with E-state index in [-0.39, 0.29) is 5.69 Å². The fraction of sp³-hybridized carbons (Fsp3) is 0.231. The summed E-state index contributed by atoms with van der Waals surface area (Å²) in [5.41, 5.74) is 0.228. The summed E-state index contributed by atoms with van der Waals surface area (Å²) in [4.78, 5) is 0. The summed E-state index contributed by atoms with van der Waals surface area (Å²) in [6.45, 7) is 2.34. The van der Waals surface area contributed by atoms with Crippen LogP contribution in [0.4, 0.5) is 14.5 Å². The van der Waals surface area contributed by atoms with E-state index in [4.69, 9.17) is 4.42 Å². The standard InChI is InChI=1S/C13H12BrF2NO/c1-2-9-3-4-10(18-9)7-17-13-11(14)5-8(15)6-12(13)16/h3-6,17H,2,7H2,1H3. The van der Waals surface area contributed by atoms with Gasteiger partial charge in [0.25, 0.3) is 0 Å². The second kappa shape index (κ2) is 5.52. The monoisotopic (exact) mass is 315 g/mol. The van der Waals surface area contributed by atoms with Gasteiger partial charge in [-0.1, -0.05) is 6.92 Å². The molecule has 1 aromatic heterocycles. The van der Waals surface area contributed by atoms with Gasteiger partial charge in [0.15, 0.2) is 0 Å². The number of furan rings is 1. The van der Waals surface area contributed by atoms with Crippen molar-refractivity contribution in [3.05, 3.63) is 51.9 Å². The van der Waals surface area contributed by atoms with Crippen LogP contribution in [0.5, 0.6) is 0 Å². The molecule has 0 amide bonds.